The number of likely N-dealkylation sites (tertiary alicyclic amines) is 1. The number of aryl methyl sites for hydroxylation is 2. The number of aliphatic carboxylic acids is 1. The molecule has 1 fully saturated rings. The molecule has 1 N–H and O–H groups in total. The molecule has 1 atom stereocenters. The quantitative estimate of drug-likeness (QED) is 0.729. The SMILES string of the molecule is CCC(C(=O)O)c1cc2c(s1)C(=C1CCN(C)CC1)c1ccccc1CC2.Cl. The number of thiophene rings is 1. The Morgan fingerprint density at radius 3 is 2.50 bits per heavy atom. The van der Waals surface area contributed by atoms with Gasteiger partial charge in [0.05, 0.1) is 5.92 Å². The maximum atomic E-state index is 11.7. The third-order valence-electron chi connectivity index (χ3n) is 6.00. The molecule has 0 saturated carbocycles. The molecule has 1 unspecified atom stereocenters. The van der Waals surface area contributed by atoms with Gasteiger partial charge in [0.25, 0.3) is 0 Å². The maximum Gasteiger partial charge on any atom is 0.311 e. The molecule has 1 aliphatic carbocycles. The molecular formula is C23H28ClNO2S. The first-order chi connectivity index (χ1) is 13.1. The smallest absolute Gasteiger partial charge is 0.311 e. The average molecular weight is 418 g/mol. The van der Waals surface area contributed by atoms with Crippen molar-refractivity contribution in [3.63, 3.8) is 0 Å². The second-order valence-corrected chi connectivity index (χ2v) is 8.82. The molecule has 2 aromatic rings. The van der Waals surface area contributed by atoms with Crippen LogP contribution >= 0.6 is 23.7 Å². The second kappa shape index (κ2) is 8.81. The second-order valence-electron chi connectivity index (χ2n) is 7.74. The van der Waals surface area contributed by atoms with Crippen molar-refractivity contribution < 1.29 is 9.90 Å². The summed E-state index contributed by atoms with van der Waals surface area (Å²) in [4.78, 5) is 16.5. The third-order valence-corrected chi connectivity index (χ3v) is 7.31. The topological polar surface area (TPSA) is 40.5 Å². The van der Waals surface area contributed by atoms with Crippen LogP contribution in [-0.4, -0.2) is 36.1 Å². The number of hydrogen-bond donors (Lipinski definition) is 1. The van der Waals surface area contributed by atoms with E-state index in [1.165, 1.54) is 27.1 Å². The lowest BCUT2D eigenvalue weighted by Gasteiger charge is -2.27. The third kappa shape index (κ3) is 3.91. The summed E-state index contributed by atoms with van der Waals surface area (Å²) in [6.07, 6.45) is 4.86. The monoisotopic (exact) mass is 417 g/mol. The summed E-state index contributed by atoms with van der Waals surface area (Å²) in [5.41, 5.74) is 7.08. The van der Waals surface area contributed by atoms with Gasteiger partial charge in [-0.25, -0.2) is 0 Å². The molecule has 1 aliphatic heterocycles. The van der Waals surface area contributed by atoms with E-state index in [1.54, 1.807) is 16.9 Å². The zero-order chi connectivity index (χ0) is 19.0. The Morgan fingerprint density at radius 1 is 1.14 bits per heavy atom. The molecule has 1 aromatic heterocycles. The Hall–Kier alpha value is -1.62. The number of fused-ring (bicyclic) bond motifs is 2. The largest absolute Gasteiger partial charge is 0.481 e. The van der Waals surface area contributed by atoms with Crippen molar-refractivity contribution in [2.45, 2.75) is 44.9 Å². The average Bonchev–Trinajstić information content (AvgIpc) is 2.99. The molecule has 0 amide bonds. The highest BCUT2D eigenvalue weighted by atomic mass is 35.5. The number of carboxylic acid groups (broad SMARTS) is 1. The van der Waals surface area contributed by atoms with E-state index in [4.69, 9.17) is 0 Å². The van der Waals surface area contributed by atoms with Gasteiger partial charge >= 0.3 is 5.97 Å². The van der Waals surface area contributed by atoms with Crippen molar-refractivity contribution >= 4 is 35.3 Å². The van der Waals surface area contributed by atoms with Gasteiger partial charge in [0.2, 0.25) is 0 Å². The zero-order valence-electron chi connectivity index (χ0n) is 16.5. The molecule has 4 rings (SSSR count). The number of rotatable bonds is 3. The van der Waals surface area contributed by atoms with Crippen molar-refractivity contribution in [3.05, 3.63) is 62.3 Å². The minimum absolute atomic E-state index is 0. The summed E-state index contributed by atoms with van der Waals surface area (Å²) in [6.45, 7) is 4.16. The van der Waals surface area contributed by atoms with Gasteiger partial charge in [0.1, 0.15) is 0 Å². The first kappa shape index (κ1) is 21.1. The zero-order valence-corrected chi connectivity index (χ0v) is 18.2. The van der Waals surface area contributed by atoms with E-state index in [0.29, 0.717) is 6.42 Å². The van der Waals surface area contributed by atoms with Crippen molar-refractivity contribution in [3.8, 4) is 0 Å². The van der Waals surface area contributed by atoms with Crippen LogP contribution in [0.2, 0.25) is 0 Å². The fraction of sp³-hybridized carbons (Fsp3) is 0.435. The van der Waals surface area contributed by atoms with Gasteiger partial charge in [0, 0.05) is 22.8 Å². The molecule has 2 aliphatic rings. The van der Waals surface area contributed by atoms with Crippen LogP contribution in [0.3, 0.4) is 0 Å². The summed E-state index contributed by atoms with van der Waals surface area (Å²) in [7, 11) is 2.19. The molecule has 1 aromatic carbocycles. The first-order valence-electron chi connectivity index (χ1n) is 9.93. The van der Waals surface area contributed by atoms with Gasteiger partial charge in [-0.05, 0) is 67.5 Å². The van der Waals surface area contributed by atoms with Crippen LogP contribution in [0.5, 0.6) is 0 Å². The minimum Gasteiger partial charge on any atom is -0.481 e. The standard InChI is InChI=1S/C23H27NO2S.ClH/c1-3-18(23(25)26)20-14-17-9-8-15-6-4-5-7-19(15)21(22(17)27-20)16-10-12-24(2)13-11-16;/h4-7,14,18H,3,8-13H2,1-2H3,(H,25,26);1H. The molecule has 1 saturated heterocycles. The van der Waals surface area contributed by atoms with Gasteiger partial charge in [-0.2, -0.15) is 0 Å². The lowest BCUT2D eigenvalue weighted by molar-refractivity contribution is -0.138. The van der Waals surface area contributed by atoms with Crippen LogP contribution in [0.15, 0.2) is 35.9 Å². The number of hydrogen-bond acceptors (Lipinski definition) is 3. The predicted molar refractivity (Wildman–Crippen MR) is 119 cm³/mol. The molecule has 0 bridgehead atoms. The van der Waals surface area contributed by atoms with E-state index >= 15 is 0 Å². The number of carbonyl (C=O) groups is 1. The summed E-state index contributed by atoms with van der Waals surface area (Å²) in [5.74, 6) is -1.09. The van der Waals surface area contributed by atoms with Crippen LogP contribution in [-0.2, 0) is 17.6 Å². The number of nitrogens with zero attached hydrogens (tertiary/aromatic N) is 1. The van der Waals surface area contributed by atoms with Gasteiger partial charge in [-0.15, -0.1) is 23.7 Å². The molecule has 2 heterocycles. The summed E-state index contributed by atoms with van der Waals surface area (Å²) in [5, 5.41) is 9.63. The van der Waals surface area contributed by atoms with Crippen molar-refractivity contribution in [2.24, 2.45) is 0 Å². The van der Waals surface area contributed by atoms with Crippen LogP contribution in [0.4, 0.5) is 0 Å². The Morgan fingerprint density at radius 2 is 1.82 bits per heavy atom. The first-order valence-corrected chi connectivity index (χ1v) is 10.7. The van der Waals surface area contributed by atoms with E-state index in [0.717, 1.165) is 43.6 Å². The fourth-order valence-electron chi connectivity index (χ4n) is 4.38. The van der Waals surface area contributed by atoms with Crippen LogP contribution in [0, 0.1) is 0 Å². The Kier molecular flexibility index (Phi) is 6.64. The number of piperidine rings is 1. The number of halogens is 1. The molecule has 5 heteroatoms. The molecule has 150 valence electrons. The van der Waals surface area contributed by atoms with Crippen LogP contribution in [0.1, 0.15) is 58.5 Å². The van der Waals surface area contributed by atoms with E-state index in [-0.39, 0.29) is 18.3 Å². The van der Waals surface area contributed by atoms with E-state index in [9.17, 15) is 9.90 Å². The molecular weight excluding hydrogens is 390 g/mol. The van der Waals surface area contributed by atoms with E-state index < -0.39 is 5.97 Å². The minimum atomic E-state index is -0.706. The summed E-state index contributed by atoms with van der Waals surface area (Å²) < 4.78 is 0. The molecule has 3 nitrogen and oxygen atoms in total. The number of carboxylic acids is 1. The summed E-state index contributed by atoms with van der Waals surface area (Å²) in [6, 6.07) is 11.0. The maximum absolute atomic E-state index is 11.7. The van der Waals surface area contributed by atoms with Gasteiger partial charge in [-0.1, -0.05) is 36.8 Å². The lowest BCUT2D eigenvalue weighted by atomic mass is 9.90. The normalized spacial score (nSPS) is 17.9. The Balaban J connectivity index is 0.00000225. The summed E-state index contributed by atoms with van der Waals surface area (Å²) >= 11 is 1.72. The van der Waals surface area contributed by atoms with Gasteiger partial charge in [-0.3, -0.25) is 4.79 Å². The van der Waals surface area contributed by atoms with Gasteiger partial charge in [0.15, 0.2) is 0 Å². The van der Waals surface area contributed by atoms with Crippen molar-refractivity contribution in [2.75, 3.05) is 20.1 Å². The fourth-order valence-corrected chi connectivity index (χ4v) is 5.88. The highest BCUT2D eigenvalue weighted by Crippen LogP contribution is 2.44. The predicted octanol–water partition coefficient (Wildman–Crippen LogP) is 5.37. The lowest BCUT2D eigenvalue weighted by Crippen LogP contribution is -2.26. The van der Waals surface area contributed by atoms with Gasteiger partial charge < -0.3 is 10.0 Å². The van der Waals surface area contributed by atoms with Crippen molar-refractivity contribution in [1.29, 1.82) is 0 Å². The van der Waals surface area contributed by atoms with E-state index in [1.807, 2.05) is 6.92 Å². The number of benzene rings is 1. The Bertz CT molecular complexity index is 892. The molecule has 0 spiro atoms. The molecule has 28 heavy (non-hydrogen) atoms. The van der Waals surface area contributed by atoms with E-state index in [2.05, 4.69) is 42.3 Å². The highest BCUT2D eigenvalue weighted by molar-refractivity contribution is 7.13. The van der Waals surface area contributed by atoms with Crippen molar-refractivity contribution in [1.82, 2.24) is 4.90 Å². The Labute approximate surface area is 177 Å². The van der Waals surface area contributed by atoms with Crippen LogP contribution in [0.25, 0.3) is 5.57 Å². The van der Waals surface area contributed by atoms with Crippen LogP contribution < -0.4 is 0 Å². The highest BCUT2D eigenvalue weighted by Gasteiger charge is 2.28. The molecule has 0 radical (unpaired) electrons.